The predicted molar refractivity (Wildman–Crippen MR) is 48.6 cm³/mol. The van der Waals surface area contributed by atoms with Gasteiger partial charge in [-0.15, -0.1) is 10.2 Å². The van der Waals surface area contributed by atoms with Crippen molar-refractivity contribution in [3.63, 3.8) is 0 Å². The summed E-state index contributed by atoms with van der Waals surface area (Å²) < 4.78 is 2.33. The molecule has 1 aromatic heterocycles. The van der Waals surface area contributed by atoms with Gasteiger partial charge in [0.15, 0.2) is 0 Å². The lowest BCUT2D eigenvalue weighted by Gasteiger charge is -2.30. The SMILES string of the molecule is Cc1nnc(C2CC2)n1C1CNC1. The van der Waals surface area contributed by atoms with Gasteiger partial charge in [0.05, 0.1) is 6.04 Å². The number of nitrogens with zero attached hydrogens (tertiary/aromatic N) is 3. The summed E-state index contributed by atoms with van der Waals surface area (Å²) in [6.45, 7) is 4.22. The van der Waals surface area contributed by atoms with Crippen molar-refractivity contribution in [3.8, 4) is 0 Å². The second kappa shape index (κ2) is 2.54. The molecule has 0 bridgehead atoms. The van der Waals surface area contributed by atoms with Crippen LogP contribution in [0.4, 0.5) is 0 Å². The molecule has 4 nitrogen and oxygen atoms in total. The van der Waals surface area contributed by atoms with Gasteiger partial charge < -0.3 is 9.88 Å². The highest BCUT2D eigenvalue weighted by Crippen LogP contribution is 2.40. The number of aryl methyl sites for hydroxylation is 1. The Labute approximate surface area is 77.4 Å². The molecule has 0 unspecified atom stereocenters. The van der Waals surface area contributed by atoms with Crippen molar-refractivity contribution in [3.05, 3.63) is 11.6 Å². The Kier molecular flexibility index (Phi) is 1.47. The molecule has 1 N–H and O–H groups in total. The third-order valence-corrected chi connectivity index (χ3v) is 2.96. The lowest BCUT2D eigenvalue weighted by Crippen LogP contribution is -2.44. The summed E-state index contributed by atoms with van der Waals surface area (Å²) >= 11 is 0. The van der Waals surface area contributed by atoms with E-state index in [0.717, 1.165) is 18.9 Å². The largest absolute Gasteiger partial charge is 0.313 e. The lowest BCUT2D eigenvalue weighted by molar-refractivity contribution is 0.330. The highest BCUT2D eigenvalue weighted by molar-refractivity contribution is 5.10. The number of aromatic nitrogens is 3. The number of hydrogen-bond acceptors (Lipinski definition) is 3. The minimum atomic E-state index is 0.616. The summed E-state index contributed by atoms with van der Waals surface area (Å²) in [7, 11) is 0. The summed E-state index contributed by atoms with van der Waals surface area (Å²) in [5.41, 5.74) is 0. The fourth-order valence-electron chi connectivity index (χ4n) is 1.91. The molecule has 1 saturated heterocycles. The molecule has 1 aliphatic heterocycles. The van der Waals surface area contributed by atoms with Crippen LogP contribution < -0.4 is 5.32 Å². The van der Waals surface area contributed by atoms with Crippen LogP contribution in [-0.2, 0) is 0 Å². The molecule has 2 heterocycles. The fraction of sp³-hybridized carbons (Fsp3) is 0.778. The van der Waals surface area contributed by atoms with E-state index in [2.05, 4.69) is 27.0 Å². The second-order valence-electron chi connectivity index (χ2n) is 4.06. The molecule has 3 rings (SSSR count). The Morgan fingerprint density at radius 1 is 1.31 bits per heavy atom. The molecule has 2 aliphatic rings. The van der Waals surface area contributed by atoms with Crippen LogP contribution in [0, 0.1) is 6.92 Å². The van der Waals surface area contributed by atoms with Gasteiger partial charge in [-0.3, -0.25) is 0 Å². The van der Waals surface area contributed by atoms with Gasteiger partial charge in [-0.05, 0) is 19.8 Å². The van der Waals surface area contributed by atoms with Crippen LogP contribution in [0.2, 0.25) is 0 Å². The van der Waals surface area contributed by atoms with Gasteiger partial charge in [-0.2, -0.15) is 0 Å². The van der Waals surface area contributed by atoms with E-state index in [1.807, 2.05) is 0 Å². The zero-order chi connectivity index (χ0) is 8.84. The normalized spacial score (nSPS) is 23.2. The number of nitrogens with one attached hydrogen (secondary N) is 1. The van der Waals surface area contributed by atoms with E-state index < -0.39 is 0 Å². The van der Waals surface area contributed by atoms with Gasteiger partial charge in [0.2, 0.25) is 0 Å². The fourth-order valence-corrected chi connectivity index (χ4v) is 1.91. The molecule has 4 heteroatoms. The highest BCUT2D eigenvalue weighted by Gasteiger charge is 2.33. The summed E-state index contributed by atoms with van der Waals surface area (Å²) in [6, 6.07) is 0.616. The van der Waals surface area contributed by atoms with E-state index in [4.69, 9.17) is 0 Å². The van der Waals surface area contributed by atoms with E-state index in [-0.39, 0.29) is 0 Å². The van der Waals surface area contributed by atoms with E-state index in [9.17, 15) is 0 Å². The van der Waals surface area contributed by atoms with E-state index in [0.29, 0.717) is 12.0 Å². The topological polar surface area (TPSA) is 42.7 Å². The van der Waals surface area contributed by atoms with Crippen molar-refractivity contribution < 1.29 is 0 Å². The standard InChI is InChI=1S/C9H14N4/c1-6-11-12-9(7-2-3-7)13(6)8-4-10-5-8/h7-8,10H,2-5H2,1H3. The molecular weight excluding hydrogens is 164 g/mol. The molecule has 1 aliphatic carbocycles. The monoisotopic (exact) mass is 178 g/mol. The van der Waals surface area contributed by atoms with Crippen molar-refractivity contribution in [1.82, 2.24) is 20.1 Å². The maximum absolute atomic E-state index is 4.27. The average Bonchev–Trinajstić information content (AvgIpc) is 2.78. The molecule has 13 heavy (non-hydrogen) atoms. The predicted octanol–water partition coefficient (Wildman–Crippen LogP) is 0.608. The first kappa shape index (κ1) is 7.50. The smallest absolute Gasteiger partial charge is 0.136 e. The molecule has 0 radical (unpaired) electrons. The summed E-state index contributed by atoms with van der Waals surface area (Å²) in [5.74, 6) is 3.01. The minimum absolute atomic E-state index is 0.616. The molecule has 1 saturated carbocycles. The maximum atomic E-state index is 4.27. The van der Waals surface area contributed by atoms with Gasteiger partial charge in [0.1, 0.15) is 11.6 Å². The van der Waals surface area contributed by atoms with Crippen LogP contribution in [-0.4, -0.2) is 27.9 Å². The van der Waals surface area contributed by atoms with Crippen LogP contribution in [0.5, 0.6) is 0 Å². The van der Waals surface area contributed by atoms with Crippen LogP contribution in [0.25, 0.3) is 0 Å². The summed E-state index contributed by atoms with van der Waals surface area (Å²) in [4.78, 5) is 0. The van der Waals surface area contributed by atoms with Gasteiger partial charge in [-0.25, -0.2) is 0 Å². The summed E-state index contributed by atoms with van der Waals surface area (Å²) in [5, 5.41) is 11.7. The quantitative estimate of drug-likeness (QED) is 0.721. The zero-order valence-electron chi connectivity index (χ0n) is 7.82. The van der Waals surface area contributed by atoms with E-state index in [1.54, 1.807) is 0 Å². The Morgan fingerprint density at radius 2 is 2.08 bits per heavy atom. The van der Waals surface area contributed by atoms with Crippen molar-refractivity contribution in [2.75, 3.05) is 13.1 Å². The molecule has 0 atom stereocenters. The van der Waals surface area contributed by atoms with Crippen LogP contribution in [0.1, 0.15) is 36.5 Å². The summed E-state index contributed by atoms with van der Waals surface area (Å²) in [6.07, 6.45) is 2.61. The van der Waals surface area contributed by atoms with E-state index >= 15 is 0 Å². The van der Waals surface area contributed by atoms with Crippen LogP contribution >= 0.6 is 0 Å². The second-order valence-corrected chi connectivity index (χ2v) is 4.06. The first-order valence-electron chi connectivity index (χ1n) is 4.98. The Balaban J connectivity index is 1.98. The third kappa shape index (κ3) is 1.09. The third-order valence-electron chi connectivity index (χ3n) is 2.96. The zero-order valence-corrected chi connectivity index (χ0v) is 7.82. The number of hydrogen-bond donors (Lipinski definition) is 1. The van der Waals surface area contributed by atoms with Crippen LogP contribution in [0.15, 0.2) is 0 Å². The van der Waals surface area contributed by atoms with Crippen LogP contribution in [0.3, 0.4) is 0 Å². The van der Waals surface area contributed by atoms with Gasteiger partial charge >= 0.3 is 0 Å². The van der Waals surface area contributed by atoms with Gasteiger partial charge in [-0.1, -0.05) is 0 Å². The number of rotatable bonds is 2. The van der Waals surface area contributed by atoms with Gasteiger partial charge in [0.25, 0.3) is 0 Å². The van der Waals surface area contributed by atoms with Crippen molar-refractivity contribution in [2.45, 2.75) is 31.7 Å². The Morgan fingerprint density at radius 3 is 2.62 bits per heavy atom. The molecule has 2 fully saturated rings. The molecular formula is C9H14N4. The molecule has 1 aromatic rings. The minimum Gasteiger partial charge on any atom is -0.313 e. The molecule has 0 aromatic carbocycles. The first-order valence-corrected chi connectivity index (χ1v) is 4.98. The molecule has 70 valence electrons. The van der Waals surface area contributed by atoms with Crippen molar-refractivity contribution >= 4 is 0 Å². The highest BCUT2D eigenvalue weighted by atomic mass is 15.3. The first-order chi connectivity index (χ1) is 6.36. The molecule has 0 spiro atoms. The average molecular weight is 178 g/mol. The van der Waals surface area contributed by atoms with Gasteiger partial charge in [0, 0.05) is 19.0 Å². The van der Waals surface area contributed by atoms with Crippen molar-refractivity contribution in [1.29, 1.82) is 0 Å². The maximum Gasteiger partial charge on any atom is 0.136 e. The van der Waals surface area contributed by atoms with Crippen molar-refractivity contribution in [2.24, 2.45) is 0 Å². The molecule has 0 amide bonds. The Bertz CT molecular complexity index is 322. The lowest BCUT2D eigenvalue weighted by atomic mass is 10.1. The Hall–Kier alpha value is -0.900. The van der Waals surface area contributed by atoms with E-state index in [1.165, 1.54) is 18.7 Å².